The Balaban J connectivity index is 2.81. The SMILES string of the molecule is CC(=O)SCC(O)C(O)c1cc(CO)ccc1F. The van der Waals surface area contributed by atoms with E-state index in [-0.39, 0.29) is 23.0 Å². The summed E-state index contributed by atoms with van der Waals surface area (Å²) in [7, 11) is 0. The quantitative estimate of drug-likeness (QED) is 0.746. The molecule has 6 heteroatoms. The Morgan fingerprint density at radius 3 is 2.67 bits per heavy atom. The number of halogens is 1. The van der Waals surface area contributed by atoms with Crippen LogP contribution < -0.4 is 0 Å². The van der Waals surface area contributed by atoms with Gasteiger partial charge in [-0.3, -0.25) is 4.79 Å². The van der Waals surface area contributed by atoms with Gasteiger partial charge in [-0.25, -0.2) is 4.39 Å². The van der Waals surface area contributed by atoms with Crippen LogP contribution in [0.1, 0.15) is 24.2 Å². The molecule has 0 heterocycles. The van der Waals surface area contributed by atoms with Crippen LogP contribution in [-0.4, -0.2) is 32.3 Å². The first kappa shape index (κ1) is 15.1. The highest BCUT2D eigenvalue weighted by Gasteiger charge is 2.22. The Morgan fingerprint density at radius 1 is 1.44 bits per heavy atom. The van der Waals surface area contributed by atoms with Gasteiger partial charge in [0.25, 0.3) is 0 Å². The Hall–Kier alpha value is -0.950. The van der Waals surface area contributed by atoms with Crippen LogP contribution in [0.25, 0.3) is 0 Å². The fraction of sp³-hybridized carbons (Fsp3) is 0.417. The summed E-state index contributed by atoms with van der Waals surface area (Å²) in [5.74, 6) is -0.675. The lowest BCUT2D eigenvalue weighted by atomic mass is 10.0. The first-order valence-electron chi connectivity index (χ1n) is 5.34. The molecule has 2 atom stereocenters. The summed E-state index contributed by atoms with van der Waals surface area (Å²) in [4.78, 5) is 10.7. The van der Waals surface area contributed by atoms with Gasteiger partial charge in [0.15, 0.2) is 5.12 Å². The zero-order valence-electron chi connectivity index (χ0n) is 9.84. The van der Waals surface area contributed by atoms with Crippen LogP contribution in [0.4, 0.5) is 4.39 Å². The predicted octanol–water partition coefficient (Wildman–Crippen LogP) is 0.992. The van der Waals surface area contributed by atoms with Gasteiger partial charge in [0.1, 0.15) is 11.9 Å². The van der Waals surface area contributed by atoms with Gasteiger partial charge in [-0.15, -0.1) is 0 Å². The average molecular weight is 274 g/mol. The van der Waals surface area contributed by atoms with Crippen molar-refractivity contribution in [2.24, 2.45) is 0 Å². The van der Waals surface area contributed by atoms with E-state index < -0.39 is 18.0 Å². The van der Waals surface area contributed by atoms with Crippen LogP contribution in [0, 0.1) is 5.82 Å². The molecule has 0 saturated heterocycles. The lowest BCUT2D eigenvalue weighted by molar-refractivity contribution is -0.109. The molecule has 0 spiro atoms. The maximum Gasteiger partial charge on any atom is 0.185 e. The molecule has 1 aromatic rings. The second-order valence-corrected chi connectivity index (χ2v) is 5.03. The lowest BCUT2D eigenvalue weighted by Gasteiger charge is -2.18. The van der Waals surface area contributed by atoms with E-state index in [9.17, 15) is 19.4 Å². The van der Waals surface area contributed by atoms with E-state index in [0.29, 0.717) is 5.56 Å². The van der Waals surface area contributed by atoms with Crippen molar-refractivity contribution >= 4 is 16.9 Å². The molecule has 0 aliphatic heterocycles. The van der Waals surface area contributed by atoms with Crippen LogP contribution in [0.5, 0.6) is 0 Å². The monoisotopic (exact) mass is 274 g/mol. The van der Waals surface area contributed by atoms with Gasteiger partial charge in [0.05, 0.1) is 12.7 Å². The van der Waals surface area contributed by atoms with E-state index in [2.05, 4.69) is 0 Å². The third kappa shape index (κ3) is 4.06. The molecule has 4 nitrogen and oxygen atoms in total. The van der Waals surface area contributed by atoms with Crippen molar-refractivity contribution in [1.29, 1.82) is 0 Å². The van der Waals surface area contributed by atoms with Gasteiger partial charge in [-0.2, -0.15) is 0 Å². The Labute approximate surface area is 108 Å². The summed E-state index contributed by atoms with van der Waals surface area (Å²) in [5.41, 5.74) is 0.357. The number of rotatable bonds is 5. The molecule has 0 saturated carbocycles. The van der Waals surface area contributed by atoms with E-state index in [1.807, 2.05) is 0 Å². The van der Waals surface area contributed by atoms with Gasteiger partial charge in [-0.1, -0.05) is 17.8 Å². The summed E-state index contributed by atoms with van der Waals surface area (Å²) in [5, 5.41) is 28.2. The number of carbonyl (C=O) groups excluding carboxylic acids is 1. The topological polar surface area (TPSA) is 77.8 Å². The van der Waals surface area contributed by atoms with Crippen LogP contribution in [0.3, 0.4) is 0 Å². The molecule has 0 bridgehead atoms. The first-order chi connectivity index (χ1) is 8.45. The second-order valence-electron chi connectivity index (χ2n) is 3.83. The minimum absolute atomic E-state index is 0.0146. The molecule has 0 aliphatic carbocycles. The van der Waals surface area contributed by atoms with Gasteiger partial charge in [0.2, 0.25) is 0 Å². The zero-order valence-corrected chi connectivity index (χ0v) is 10.7. The standard InChI is InChI=1S/C12H15FO4S/c1-7(15)18-6-11(16)12(17)9-4-8(5-14)2-3-10(9)13/h2-4,11-12,14,16-17H,5-6H2,1H3. The minimum Gasteiger partial charge on any atom is -0.392 e. The molecule has 0 fully saturated rings. The summed E-state index contributed by atoms with van der Waals surface area (Å²) in [6.07, 6.45) is -2.68. The minimum atomic E-state index is -1.43. The van der Waals surface area contributed by atoms with E-state index in [4.69, 9.17) is 5.11 Å². The van der Waals surface area contributed by atoms with E-state index in [0.717, 1.165) is 17.8 Å². The van der Waals surface area contributed by atoms with Crippen molar-refractivity contribution < 1.29 is 24.5 Å². The van der Waals surface area contributed by atoms with Gasteiger partial charge < -0.3 is 15.3 Å². The normalized spacial score (nSPS) is 14.3. The molecule has 3 N–H and O–H groups in total. The number of benzene rings is 1. The van der Waals surface area contributed by atoms with Gasteiger partial charge >= 0.3 is 0 Å². The largest absolute Gasteiger partial charge is 0.392 e. The molecule has 0 aliphatic rings. The third-order valence-corrected chi connectivity index (χ3v) is 3.30. The molecule has 100 valence electrons. The maximum absolute atomic E-state index is 13.5. The maximum atomic E-state index is 13.5. The van der Waals surface area contributed by atoms with Crippen molar-refractivity contribution in [1.82, 2.24) is 0 Å². The molecule has 18 heavy (non-hydrogen) atoms. The van der Waals surface area contributed by atoms with Crippen LogP contribution >= 0.6 is 11.8 Å². The summed E-state index contributed by atoms with van der Waals surface area (Å²) < 4.78 is 13.5. The van der Waals surface area contributed by atoms with E-state index in [1.165, 1.54) is 19.1 Å². The highest BCUT2D eigenvalue weighted by atomic mass is 32.2. The fourth-order valence-corrected chi connectivity index (χ4v) is 2.01. The van der Waals surface area contributed by atoms with Crippen molar-refractivity contribution in [3.63, 3.8) is 0 Å². The van der Waals surface area contributed by atoms with Crippen molar-refractivity contribution in [3.05, 3.63) is 35.1 Å². The zero-order chi connectivity index (χ0) is 13.7. The number of thioether (sulfide) groups is 1. The summed E-state index contributed by atoms with van der Waals surface area (Å²) >= 11 is 0.857. The number of aliphatic hydroxyl groups is 3. The molecular weight excluding hydrogens is 259 g/mol. The first-order valence-corrected chi connectivity index (χ1v) is 6.33. The van der Waals surface area contributed by atoms with Crippen LogP contribution in [-0.2, 0) is 11.4 Å². The van der Waals surface area contributed by atoms with Crippen LogP contribution in [0.15, 0.2) is 18.2 Å². The van der Waals surface area contributed by atoms with Crippen molar-refractivity contribution in [3.8, 4) is 0 Å². The number of hydrogen-bond acceptors (Lipinski definition) is 5. The molecule has 1 aromatic carbocycles. The number of carbonyl (C=O) groups is 1. The van der Waals surface area contributed by atoms with Crippen LogP contribution in [0.2, 0.25) is 0 Å². The molecule has 0 radical (unpaired) electrons. The highest BCUT2D eigenvalue weighted by molar-refractivity contribution is 8.13. The van der Waals surface area contributed by atoms with Gasteiger partial charge in [0, 0.05) is 18.2 Å². The van der Waals surface area contributed by atoms with E-state index >= 15 is 0 Å². The lowest BCUT2D eigenvalue weighted by Crippen LogP contribution is -2.22. The van der Waals surface area contributed by atoms with E-state index in [1.54, 1.807) is 0 Å². The number of hydrogen-bond donors (Lipinski definition) is 3. The van der Waals surface area contributed by atoms with Crippen molar-refractivity contribution in [2.45, 2.75) is 25.7 Å². The predicted molar refractivity (Wildman–Crippen MR) is 66.4 cm³/mol. The summed E-state index contributed by atoms with van der Waals surface area (Å²) in [6, 6.07) is 3.80. The fourth-order valence-electron chi connectivity index (χ4n) is 1.42. The molecule has 0 aromatic heterocycles. The number of aliphatic hydroxyl groups excluding tert-OH is 3. The van der Waals surface area contributed by atoms with Gasteiger partial charge in [-0.05, 0) is 17.7 Å². The molecular formula is C12H15FO4S. The third-order valence-electron chi connectivity index (χ3n) is 2.38. The van der Waals surface area contributed by atoms with Crippen molar-refractivity contribution in [2.75, 3.05) is 5.75 Å². The molecule has 1 rings (SSSR count). The second kappa shape index (κ2) is 6.84. The average Bonchev–Trinajstić information content (AvgIpc) is 2.35. The molecule has 2 unspecified atom stereocenters. The summed E-state index contributed by atoms with van der Waals surface area (Å²) in [6.45, 7) is 1.06. The molecule has 0 amide bonds. The Morgan fingerprint density at radius 2 is 2.11 bits per heavy atom. The Bertz CT molecular complexity index is 425. The smallest absolute Gasteiger partial charge is 0.185 e. The Kier molecular flexibility index (Phi) is 5.74. The highest BCUT2D eigenvalue weighted by Crippen LogP contribution is 2.23.